The van der Waals surface area contributed by atoms with Crippen molar-refractivity contribution in [3.8, 4) is 0 Å². The summed E-state index contributed by atoms with van der Waals surface area (Å²) in [7, 11) is 4.15. The van der Waals surface area contributed by atoms with Crippen LogP contribution in [0.4, 0.5) is 11.4 Å². The van der Waals surface area contributed by atoms with Gasteiger partial charge in [0.05, 0.1) is 11.4 Å². The summed E-state index contributed by atoms with van der Waals surface area (Å²) in [5.41, 5.74) is 2.49. The van der Waals surface area contributed by atoms with Gasteiger partial charge < -0.3 is 10.2 Å². The lowest BCUT2D eigenvalue weighted by Crippen LogP contribution is -2.19. The van der Waals surface area contributed by atoms with Crippen LogP contribution in [0.25, 0.3) is 0 Å². The molecule has 0 saturated carbocycles. The third-order valence-corrected chi connectivity index (χ3v) is 2.73. The number of benzene rings is 1. The average Bonchev–Trinajstić information content (AvgIpc) is 2.26. The van der Waals surface area contributed by atoms with Crippen molar-refractivity contribution in [2.24, 2.45) is 0 Å². The van der Waals surface area contributed by atoms with E-state index in [1.54, 1.807) is 0 Å². The minimum Gasteiger partial charge on any atom is -0.381 e. The van der Waals surface area contributed by atoms with E-state index in [1.807, 2.05) is 0 Å². The fourth-order valence-electron chi connectivity index (χ4n) is 1.70. The normalized spacial score (nSPS) is 10.5. The average molecular weight is 206 g/mol. The molecule has 0 aliphatic rings. The van der Waals surface area contributed by atoms with Crippen molar-refractivity contribution in [1.82, 2.24) is 0 Å². The van der Waals surface area contributed by atoms with Crippen molar-refractivity contribution in [2.45, 2.75) is 32.7 Å². The Bertz CT molecular complexity index is 290. The first-order chi connectivity index (χ1) is 7.19. The fourth-order valence-corrected chi connectivity index (χ4v) is 1.70. The quantitative estimate of drug-likeness (QED) is 0.794. The summed E-state index contributed by atoms with van der Waals surface area (Å²) in [6.45, 7) is 4.44. The maximum Gasteiger partial charge on any atom is 0.0596 e. The fraction of sp³-hybridized carbons (Fsp3) is 0.538. The number of hydrogen-bond donors (Lipinski definition) is 1. The van der Waals surface area contributed by atoms with E-state index in [-0.39, 0.29) is 0 Å². The van der Waals surface area contributed by atoms with Gasteiger partial charge in [-0.3, -0.25) is 0 Å². The largest absolute Gasteiger partial charge is 0.381 e. The van der Waals surface area contributed by atoms with Crippen LogP contribution in [0, 0.1) is 0 Å². The number of nitrogens with one attached hydrogen (secondary N) is 1. The van der Waals surface area contributed by atoms with Crippen molar-refractivity contribution in [3.63, 3.8) is 0 Å². The number of anilines is 2. The van der Waals surface area contributed by atoms with E-state index in [1.165, 1.54) is 11.4 Å². The first-order valence-electron chi connectivity index (χ1n) is 5.71. The van der Waals surface area contributed by atoms with Crippen LogP contribution in [0.15, 0.2) is 24.3 Å². The molecular weight excluding hydrogens is 184 g/mol. The lowest BCUT2D eigenvalue weighted by Gasteiger charge is -2.22. The van der Waals surface area contributed by atoms with Gasteiger partial charge in [-0.1, -0.05) is 26.0 Å². The number of nitrogens with zero attached hydrogens (tertiary/aromatic N) is 1. The summed E-state index contributed by atoms with van der Waals surface area (Å²) in [6.07, 6.45) is 2.33. The summed E-state index contributed by atoms with van der Waals surface area (Å²) in [4.78, 5) is 2.14. The van der Waals surface area contributed by atoms with Gasteiger partial charge in [-0.15, -0.1) is 0 Å². The predicted molar refractivity (Wildman–Crippen MR) is 68.8 cm³/mol. The molecule has 0 aliphatic heterocycles. The molecule has 0 heterocycles. The Hall–Kier alpha value is -1.18. The molecule has 84 valence electrons. The standard InChI is InChI=1S/C13H22N2/c1-5-11(6-2)14-12-9-7-8-10-13(12)15(3)4/h7-11,14H,5-6H2,1-4H3. The number of rotatable bonds is 5. The van der Waals surface area contributed by atoms with Gasteiger partial charge >= 0.3 is 0 Å². The SMILES string of the molecule is CCC(CC)Nc1ccccc1N(C)C. The van der Waals surface area contributed by atoms with Gasteiger partial charge in [-0.2, -0.15) is 0 Å². The minimum atomic E-state index is 0.575. The van der Waals surface area contributed by atoms with Gasteiger partial charge in [-0.25, -0.2) is 0 Å². The van der Waals surface area contributed by atoms with Gasteiger partial charge in [-0.05, 0) is 25.0 Å². The molecule has 1 rings (SSSR count). The highest BCUT2D eigenvalue weighted by Crippen LogP contribution is 2.24. The Morgan fingerprint density at radius 1 is 1.13 bits per heavy atom. The van der Waals surface area contributed by atoms with E-state index >= 15 is 0 Å². The molecule has 0 fully saturated rings. The maximum absolute atomic E-state index is 3.59. The molecule has 0 aromatic heterocycles. The van der Waals surface area contributed by atoms with Crippen molar-refractivity contribution in [1.29, 1.82) is 0 Å². The van der Waals surface area contributed by atoms with Crippen LogP contribution in [-0.2, 0) is 0 Å². The molecular formula is C13H22N2. The lowest BCUT2D eigenvalue weighted by molar-refractivity contribution is 0.671. The highest BCUT2D eigenvalue weighted by molar-refractivity contribution is 5.69. The van der Waals surface area contributed by atoms with Crippen LogP contribution in [0.1, 0.15) is 26.7 Å². The molecule has 2 heteroatoms. The monoisotopic (exact) mass is 206 g/mol. The Morgan fingerprint density at radius 2 is 1.73 bits per heavy atom. The molecule has 0 bridgehead atoms. The highest BCUT2D eigenvalue weighted by Gasteiger charge is 2.07. The summed E-state index contributed by atoms with van der Waals surface area (Å²) in [5, 5.41) is 3.59. The maximum atomic E-state index is 3.59. The molecule has 0 aliphatic carbocycles. The van der Waals surface area contributed by atoms with Crippen molar-refractivity contribution in [3.05, 3.63) is 24.3 Å². The van der Waals surface area contributed by atoms with Crippen LogP contribution in [0.5, 0.6) is 0 Å². The number of hydrogen-bond acceptors (Lipinski definition) is 2. The molecule has 15 heavy (non-hydrogen) atoms. The minimum absolute atomic E-state index is 0.575. The van der Waals surface area contributed by atoms with E-state index in [0.29, 0.717) is 6.04 Å². The zero-order valence-corrected chi connectivity index (χ0v) is 10.2. The van der Waals surface area contributed by atoms with E-state index in [2.05, 4.69) is 62.4 Å². The molecule has 1 N–H and O–H groups in total. The Morgan fingerprint density at radius 3 is 2.27 bits per heavy atom. The Balaban J connectivity index is 2.83. The van der Waals surface area contributed by atoms with Crippen LogP contribution >= 0.6 is 0 Å². The first kappa shape index (κ1) is 11.9. The summed E-state index contributed by atoms with van der Waals surface area (Å²) >= 11 is 0. The van der Waals surface area contributed by atoms with Gasteiger partial charge in [0.25, 0.3) is 0 Å². The molecule has 1 aromatic rings. The second kappa shape index (κ2) is 5.64. The zero-order chi connectivity index (χ0) is 11.3. The van der Waals surface area contributed by atoms with Gasteiger partial charge in [0.2, 0.25) is 0 Å². The lowest BCUT2D eigenvalue weighted by atomic mass is 10.1. The van der Waals surface area contributed by atoms with E-state index in [0.717, 1.165) is 12.8 Å². The van der Waals surface area contributed by atoms with Crippen LogP contribution in [0.3, 0.4) is 0 Å². The summed E-state index contributed by atoms with van der Waals surface area (Å²) in [5.74, 6) is 0. The topological polar surface area (TPSA) is 15.3 Å². The molecule has 0 unspecified atom stereocenters. The van der Waals surface area contributed by atoms with Crippen molar-refractivity contribution >= 4 is 11.4 Å². The summed E-state index contributed by atoms with van der Waals surface area (Å²) in [6, 6.07) is 9.02. The van der Waals surface area contributed by atoms with E-state index < -0.39 is 0 Å². The second-order valence-corrected chi connectivity index (χ2v) is 4.07. The Labute approximate surface area is 93.3 Å². The molecule has 0 spiro atoms. The summed E-state index contributed by atoms with van der Waals surface area (Å²) < 4.78 is 0. The van der Waals surface area contributed by atoms with Crippen LogP contribution in [0.2, 0.25) is 0 Å². The predicted octanol–water partition coefficient (Wildman–Crippen LogP) is 3.35. The van der Waals surface area contributed by atoms with Gasteiger partial charge in [0.1, 0.15) is 0 Å². The van der Waals surface area contributed by atoms with Gasteiger partial charge in [0.15, 0.2) is 0 Å². The van der Waals surface area contributed by atoms with Crippen molar-refractivity contribution in [2.75, 3.05) is 24.3 Å². The van der Waals surface area contributed by atoms with Gasteiger partial charge in [0, 0.05) is 20.1 Å². The molecule has 2 nitrogen and oxygen atoms in total. The van der Waals surface area contributed by atoms with E-state index in [4.69, 9.17) is 0 Å². The second-order valence-electron chi connectivity index (χ2n) is 4.07. The molecule has 0 saturated heterocycles. The third kappa shape index (κ3) is 3.15. The van der Waals surface area contributed by atoms with Crippen LogP contribution in [-0.4, -0.2) is 20.1 Å². The third-order valence-electron chi connectivity index (χ3n) is 2.73. The van der Waals surface area contributed by atoms with E-state index in [9.17, 15) is 0 Å². The highest BCUT2D eigenvalue weighted by atomic mass is 15.1. The van der Waals surface area contributed by atoms with Crippen LogP contribution < -0.4 is 10.2 Å². The van der Waals surface area contributed by atoms with Crippen molar-refractivity contribution < 1.29 is 0 Å². The molecule has 1 aromatic carbocycles. The smallest absolute Gasteiger partial charge is 0.0596 e. The Kier molecular flexibility index (Phi) is 4.47. The molecule has 0 radical (unpaired) electrons. The molecule has 0 atom stereocenters. The first-order valence-corrected chi connectivity index (χ1v) is 5.71. The zero-order valence-electron chi connectivity index (χ0n) is 10.2. The molecule has 0 amide bonds. The number of para-hydroxylation sites is 2.